The van der Waals surface area contributed by atoms with Gasteiger partial charge in [0.15, 0.2) is 0 Å². The van der Waals surface area contributed by atoms with E-state index in [1.54, 1.807) is 0 Å². The maximum Gasteiger partial charge on any atom is 0.305 e. The molecule has 0 aliphatic carbocycles. The Balaban J connectivity index is 3.55. The smallest absolute Gasteiger partial charge is 0.305 e. The Bertz CT molecular complexity index is 182. The number of carboxylic acids is 1. The van der Waals surface area contributed by atoms with Crippen LogP contribution in [0.25, 0.3) is 0 Å². The van der Waals surface area contributed by atoms with Gasteiger partial charge in [0.05, 0.1) is 6.42 Å². The van der Waals surface area contributed by atoms with E-state index >= 15 is 0 Å². The van der Waals surface area contributed by atoms with Crippen LogP contribution in [0.15, 0.2) is 0 Å². The zero-order valence-electron chi connectivity index (χ0n) is 7.06. The molecule has 0 aromatic heterocycles. The second-order valence-corrected chi connectivity index (χ2v) is 2.46. The van der Waals surface area contributed by atoms with Gasteiger partial charge in [-0.1, -0.05) is 0 Å². The lowest BCUT2D eigenvalue weighted by molar-refractivity contribution is -0.137. The van der Waals surface area contributed by atoms with Crippen molar-refractivity contribution in [1.29, 1.82) is 0 Å². The van der Waals surface area contributed by atoms with Crippen molar-refractivity contribution in [1.82, 2.24) is 5.32 Å². The molecule has 76 valence electrons. The van der Waals surface area contributed by atoms with Crippen molar-refractivity contribution in [2.24, 2.45) is 0 Å². The van der Waals surface area contributed by atoms with E-state index in [0.717, 1.165) is 0 Å². The highest BCUT2D eigenvalue weighted by Gasteiger charge is 2.13. The summed E-state index contributed by atoms with van der Waals surface area (Å²) < 4.78 is 0. The van der Waals surface area contributed by atoms with Crippen molar-refractivity contribution in [2.75, 3.05) is 13.2 Å². The summed E-state index contributed by atoms with van der Waals surface area (Å²) in [4.78, 5) is 20.9. The van der Waals surface area contributed by atoms with E-state index < -0.39 is 18.0 Å². The van der Waals surface area contributed by atoms with E-state index in [9.17, 15) is 9.59 Å². The Labute approximate surface area is 75.2 Å². The first-order chi connectivity index (χ1) is 6.07. The summed E-state index contributed by atoms with van der Waals surface area (Å²) in [7, 11) is 0. The second-order valence-electron chi connectivity index (χ2n) is 2.46. The number of aliphatic hydroxyl groups is 2. The number of hydrogen-bond donors (Lipinski definition) is 4. The molecule has 1 unspecified atom stereocenters. The molecule has 0 saturated carbocycles. The molecule has 0 aliphatic rings. The summed E-state index contributed by atoms with van der Waals surface area (Å²) in [6.07, 6.45) is -1.49. The van der Waals surface area contributed by atoms with Gasteiger partial charge in [-0.2, -0.15) is 0 Å². The molecule has 1 amide bonds. The monoisotopic (exact) mass is 191 g/mol. The summed E-state index contributed by atoms with van der Waals surface area (Å²) >= 11 is 0. The molecule has 0 fully saturated rings. The normalized spacial score (nSPS) is 12.2. The van der Waals surface area contributed by atoms with Crippen molar-refractivity contribution in [3.8, 4) is 0 Å². The molecule has 1 atom stereocenters. The highest BCUT2D eigenvalue weighted by molar-refractivity contribution is 5.80. The average molecular weight is 191 g/mol. The zero-order chi connectivity index (χ0) is 10.3. The van der Waals surface area contributed by atoms with E-state index in [0.29, 0.717) is 0 Å². The van der Waals surface area contributed by atoms with Crippen LogP contribution in [0.5, 0.6) is 0 Å². The number of carboxylic acid groups (broad SMARTS) is 1. The molecule has 0 heterocycles. The maximum atomic E-state index is 10.8. The molecule has 6 heteroatoms. The Kier molecular flexibility index (Phi) is 5.82. The molecule has 0 radical (unpaired) electrons. The van der Waals surface area contributed by atoms with Crippen LogP contribution in [-0.2, 0) is 9.59 Å². The fraction of sp³-hybridized carbons (Fsp3) is 0.714. The number of nitrogens with one attached hydrogen (secondary N) is 1. The largest absolute Gasteiger partial charge is 0.481 e. The standard InChI is InChI=1S/C7H13NO5/c9-4-2-5(10)7(13)8-3-1-6(11)12/h5,9-10H,1-4H2,(H,8,13)(H,11,12). The van der Waals surface area contributed by atoms with Gasteiger partial charge in [0.25, 0.3) is 0 Å². The van der Waals surface area contributed by atoms with Crippen molar-refractivity contribution in [2.45, 2.75) is 18.9 Å². The first kappa shape index (κ1) is 11.9. The lowest BCUT2D eigenvalue weighted by Gasteiger charge is -2.08. The van der Waals surface area contributed by atoms with Gasteiger partial charge in [-0.3, -0.25) is 9.59 Å². The third-order valence-electron chi connectivity index (χ3n) is 1.34. The van der Waals surface area contributed by atoms with Gasteiger partial charge in [-0.15, -0.1) is 0 Å². The lowest BCUT2D eigenvalue weighted by atomic mass is 10.2. The van der Waals surface area contributed by atoms with Gasteiger partial charge in [0, 0.05) is 19.6 Å². The Morgan fingerprint density at radius 2 is 2.00 bits per heavy atom. The molecular formula is C7H13NO5. The number of aliphatic hydroxyl groups excluding tert-OH is 2. The summed E-state index contributed by atoms with van der Waals surface area (Å²) in [6.45, 7) is -0.301. The van der Waals surface area contributed by atoms with Crippen LogP contribution < -0.4 is 5.32 Å². The molecule has 0 spiro atoms. The van der Waals surface area contributed by atoms with Crippen LogP contribution in [0, 0.1) is 0 Å². The van der Waals surface area contributed by atoms with E-state index in [1.165, 1.54) is 0 Å². The van der Waals surface area contributed by atoms with Crippen LogP contribution >= 0.6 is 0 Å². The number of aliphatic carboxylic acids is 1. The van der Waals surface area contributed by atoms with Crippen LogP contribution in [0.2, 0.25) is 0 Å². The highest BCUT2D eigenvalue weighted by atomic mass is 16.4. The predicted molar refractivity (Wildman–Crippen MR) is 43.0 cm³/mol. The lowest BCUT2D eigenvalue weighted by Crippen LogP contribution is -2.36. The van der Waals surface area contributed by atoms with E-state index in [-0.39, 0.29) is 26.0 Å². The first-order valence-corrected chi connectivity index (χ1v) is 3.86. The molecular weight excluding hydrogens is 178 g/mol. The molecule has 13 heavy (non-hydrogen) atoms. The molecule has 6 nitrogen and oxygen atoms in total. The molecule has 4 N–H and O–H groups in total. The SMILES string of the molecule is O=C(O)CCNC(=O)C(O)CCO. The number of carbonyl (C=O) groups excluding carboxylic acids is 1. The minimum absolute atomic E-state index is 0.0172. The molecule has 0 bridgehead atoms. The van der Waals surface area contributed by atoms with Crippen LogP contribution in [0.1, 0.15) is 12.8 Å². The summed E-state index contributed by atoms with van der Waals surface area (Å²) in [5.74, 6) is -1.67. The van der Waals surface area contributed by atoms with Gasteiger partial charge >= 0.3 is 5.97 Å². The summed E-state index contributed by atoms with van der Waals surface area (Å²) in [5, 5.41) is 27.8. The minimum atomic E-state index is -1.27. The highest BCUT2D eigenvalue weighted by Crippen LogP contribution is 1.89. The van der Waals surface area contributed by atoms with Crippen molar-refractivity contribution >= 4 is 11.9 Å². The molecule has 0 saturated heterocycles. The Morgan fingerprint density at radius 3 is 2.46 bits per heavy atom. The minimum Gasteiger partial charge on any atom is -0.481 e. The fourth-order valence-electron chi connectivity index (χ4n) is 0.664. The summed E-state index contributed by atoms with van der Waals surface area (Å²) in [5.41, 5.74) is 0. The topological polar surface area (TPSA) is 107 Å². The van der Waals surface area contributed by atoms with Gasteiger partial charge in [0.2, 0.25) is 5.91 Å². The maximum absolute atomic E-state index is 10.8. The molecule has 0 aromatic carbocycles. The quantitative estimate of drug-likeness (QED) is 0.401. The van der Waals surface area contributed by atoms with Crippen molar-refractivity contribution in [3.05, 3.63) is 0 Å². The third kappa shape index (κ3) is 6.06. The summed E-state index contributed by atoms with van der Waals surface area (Å²) in [6, 6.07) is 0. The van der Waals surface area contributed by atoms with Crippen molar-refractivity contribution < 1.29 is 24.9 Å². The van der Waals surface area contributed by atoms with Crippen LogP contribution in [-0.4, -0.2) is 46.5 Å². The van der Waals surface area contributed by atoms with Gasteiger partial charge in [-0.25, -0.2) is 0 Å². The Hall–Kier alpha value is -1.14. The number of amides is 1. The van der Waals surface area contributed by atoms with Crippen LogP contribution in [0.3, 0.4) is 0 Å². The number of carbonyl (C=O) groups is 2. The predicted octanol–water partition coefficient (Wildman–Crippen LogP) is -1.68. The van der Waals surface area contributed by atoms with E-state index in [1.807, 2.05) is 0 Å². The molecule has 0 rings (SSSR count). The average Bonchev–Trinajstić information content (AvgIpc) is 2.04. The zero-order valence-corrected chi connectivity index (χ0v) is 7.06. The van der Waals surface area contributed by atoms with Crippen molar-refractivity contribution in [3.63, 3.8) is 0 Å². The van der Waals surface area contributed by atoms with Gasteiger partial charge in [-0.05, 0) is 0 Å². The number of rotatable bonds is 6. The van der Waals surface area contributed by atoms with Gasteiger partial charge < -0.3 is 20.6 Å². The van der Waals surface area contributed by atoms with E-state index in [4.69, 9.17) is 15.3 Å². The Morgan fingerprint density at radius 1 is 1.38 bits per heavy atom. The number of hydrogen-bond acceptors (Lipinski definition) is 4. The second kappa shape index (κ2) is 6.38. The fourth-order valence-corrected chi connectivity index (χ4v) is 0.664. The van der Waals surface area contributed by atoms with Crippen LogP contribution in [0.4, 0.5) is 0 Å². The molecule has 0 aliphatic heterocycles. The first-order valence-electron chi connectivity index (χ1n) is 3.86. The van der Waals surface area contributed by atoms with E-state index in [2.05, 4.69) is 5.32 Å². The third-order valence-corrected chi connectivity index (χ3v) is 1.34. The van der Waals surface area contributed by atoms with Gasteiger partial charge in [0.1, 0.15) is 6.10 Å². The molecule has 0 aromatic rings.